The lowest BCUT2D eigenvalue weighted by molar-refractivity contribution is -0.274. The van der Waals surface area contributed by atoms with E-state index >= 15 is 0 Å². The molecule has 0 aliphatic heterocycles. The van der Waals surface area contributed by atoms with Crippen molar-refractivity contribution in [2.45, 2.75) is 12.8 Å². The molecule has 0 atom stereocenters. The Kier molecular flexibility index (Phi) is 4.98. The lowest BCUT2D eigenvalue weighted by atomic mass is 10.1. The Bertz CT molecular complexity index is 613. The van der Waals surface area contributed by atoms with Gasteiger partial charge in [-0.3, -0.25) is 9.78 Å². The van der Waals surface area contributed by atoms with Crippen LogP contribution in [0.1, 0.15) is 15.9 Å². The summed E-state index contributed by atoms with van der Waals surface area (Å²) < 4.78 is 39.8. The van der Waals surface area contributed by atoms with Crippen LogP contribution in [-0.4, -0.2) is 23.8 Å². The zero-order chi connectivity index (χ0) is 16.0. The Morgan fingerprint density at radius 1 is 1.09 bits per heavy atom. The smallest absolute Gasteiger partial charge is 0.406 e. The van der Waals surface area contributed by atoms with E-state index in [1.54, 1.807) is 12.1 Å². The number of hydrogen-bond acceptors (Lipinski definition) is 3. The molecule has 4 nitrogen and oxygen atoms in total. The van der Waals surface area contributed by atoms with Crippen molar-refractivity contribution in [1.29, 1.82) is 0 Å². The molecule has 1 heterocycles. The number of carbonyl (C=O) groups excluding carboxylic acids is 1. The van der Waals surface area contributed by atoms with Crippen LogP contribution in [0.4, 0.5) is 13.2 Å². The van der Waals surface area contributed by atoms with Gasteiger partial charge in [0.15, 0.2) is 0 Å². The molecule has 0 radical (unpaired) electrons. The summed E-state index contributed by atoms with van der Waals surface area (Å²) in [5.41, 5.74) is 1.30. The minimum absolute atomic E-state index is 0.223. The molecule has 0 aliphatic rings. The summed E-state index contributed by atoms with van der Waals surface area (Å²) in [7, 11) is 0. The minimum atomic E-state index is -4.69. The summed E-state index contributed by atoms with van der Waals surface area (Å²) in [4.78, 5) is 15.6. The van der Waals surface area contributed by atoms with Gasteiger partial charge in [-0.15, -0.1) is 13.2 Å². The number of nitrogens with one attached hydrogen (secondary N) is 1. The zero-order valence-electron chi connectivity index (χ0n) is 11.4. The number of rotatable bonds is 5. The van der Waals surface area contributed by atoms with Crippen LogP contribution < -0.4 is 10.1 Å². The highest BCUT2D eigenvalue weighted by molar-refractivity contribution is 5.93. The second-order valence-corrected chi connectivity index (χ2v) is 4.43. The number of pyridine rings is 1. The van der Waals surface area contributed by atoms with Gasteiger partial charge in [0.1, 0.15) is 5.75 Å². The molecule has 1 N–H and O–H groups in total. The van der Waals surface area contributed by atoms with Crippen LogP contribution in [-0.2, 0) is 6.42 Å². The standard InChI is InChI=1S/C15H13F3N2O2/c16-15(17,18)22-13-3-1-11(2-4-13)5-10-20-14(21)12-6-8-19-9-7-12/h1-4,6-9H,5,10H2,(H,20,21). The maximum atomic E-state index is 12.0. The topological polar surface area (TPSA) is 51.2 Å². The second-order valence-electron chi connectivity index (χ2n) is 4.43. The SMILES string of the molecule is O=C(NCCc1ccc(OC(F)(F)F)cc1)c1ccncc1. The van der Waals surface area contributed by atoms with E-state index in [0.29, 0.717) is 18.5 Å². The molecule has 0 unspecified atom stereocenters. The summed E-state index contributed by atoms with van der Waals surface area (Å²) >= 11 is 0. The molecule has 116 valence electrons. The quantitative estimate of drug-likeness (QED) is 0.924. The van der Waals surface area contributed by atoms with E-state index in [0.717, 1.165) is 5.56 Å². The van der Waals surface area contributed by atoms with Crippen molar-refractivity contribution in [1.82, 2.24) is 10.3 Å². The number of benzene rings is 1. The van der Waals surface area contributed by atoms with E-state index in [1.165, 1.54) is 36.7 Å². The van der Waals surface area contributed by atoms with Gasteiger partial charge in [-0.05, 0) is 36.2 Å². The summed E-state index contributed by atoms with van der Waals surface area (Å²) in [6, 6.07) is 8.73. The van der Waals surface area contributed by atoms with E-state index in [2.05, 4.69) is 15.0 Å². The fourth-order valence-corrected chi connectivity index (χ4v) is 1.78. The van der Waals surface area contributed by atoms with Crippen molar-refractivity contribution >= 4 is 5.91 Å². The molecular formula is C15H13F3N2O2. The van der Waals surface area contributed by atoms with E-state index in [4.69, 9.17) is 0 Å². The summed E-state index contributed by atoms with van der Waals surface area (Å²) in [5, 5.41) is 2.72. The van der Waals surface area contributed by atoms with E-state index < -0.39 is 6.36 Å². The average molecular weight is 310 g/mol. The van der Waals surface area contributed by atoms with Crippen LogP contribution in [0.15, 0.2) is 48.8 Å². The van der Waals surface area contributed by atoms with E-state index in [9.17, 15) is 18.0 Å². The van der Waals surface area contributed by atoms with Crippen LogP contribution in [0.25, 0.3) is 0 Å². The summed E-state index contributed by atoms with van der Waals surface area (Å²) in [6.45, 7) is 0.376. The molecule has 0 aliphatic carbocycles. The monoisotopic (exact) mass is 310 g/mol. The predicted molar refractivity (Wildman–Crippen MR) is 73.4 cm³/mol. The van der Waals surface area contributed by atoms with E-state index in [-0.39, 0.29) is 11.7 Å². The molecule has 0 bridgehead atoms. The van der Waals surface area contributed by atoms with Crippen LogP contribution in [0, 0.1) is 0 Å². The number of nitrogens with zero attached hydrogens (tertiary/aromatic N) is 1. The van der Waals surface area contributed by atoms with Crippen LogP contribution in [0.3, 0.4) is 0 Å². The van der Waals surface area contributed by atoms with Crippen LogP contribution >= 0.6 is 0 Å². The molecule has 0 saturated heterocycles. The molecular weight excluding hydrogens is 297 g/mol. The highest BCUT2D eigenvalue weighted by atomic mass is 19.4. The Morgan fingerprint density at radius 3 is 2.32 bits per heavy atom. The molecule has 1 aromatic carbocycles. The first-order valence-corrected chi connectivity index (χ1v) is 6.47. The first-order chi connectivity index (χ1) is 10.4. The number of alkyl halides is 3. The highest BCUT2D eigenvalue weighted by Crippen LogP contribution is 2.22. The maximum Gasteiger partial charge on any atom is 0.573 e. The summed E-state index contributed by atoms with van der Waals surface area (Å²) in [6.07, 6.45) is -1.15. The number of halogens is 3. The fraction of sp³-hybridized carbons (Fsp3) is 0.200. The van der Waals surface area contributed by atoms with Gasteiger partial charge in [0.25, 0.3) is 5.91 Å². The largest absolute Gasteiger partial charge is 0.573 e. The molecule has 1 aromatic heterocycles. The second kappa shape index (κ2) is 6.93. The van der Waals surface area contributed by atoms with Crippen molar-refractivity contribution in [3.8, 4) is 5.75 Å². The van der Waals surface area contributed by atoms with E-state index in [1.807, 2.05) is 0 Å². The first kappa shape index (κ1) is 15.8. The lowest BCUT2D eigenvalue weighted by Gasteiger charge is -2.09. The minimum Gasteiger partial charge on any atom is -0.406 e. The molecule has 2 aromatic rings. The van der Waals surface area contributed by atoms with Crippen LogP contribution in [0.2, 0.25) is 0 Å². The van der Waals surface area contributed by atoms with Gasteiger partial charge < -0.3 is 10.1 Å². The van der Waals surface area contributed by atoms with Crippen molar-refractivity contribution in [2.75, 3.05) is 6.54 Å². The Labute approximate surface area is 124 Å². The number of carbonyl (C=O) groups is 1. The first-order valence-electron chi connectivity index (χ1n) is 6.47. The van der Waals surface area contributed by atoms with Gasteiger partial charge in [0.05, 0.1) is 0 Å². The molecule has 0 spiro atoms. The number of amides is 1. The third-order valence-electron chi connectivity index (χ3n) is 2.80. The van der Waals surface area contributed by atoms with Crippen molar-refractivity contribution in [3.05, 3.63) is 59.9 Å². The number of ether oxygens (including phenoxy) is 1. The van der Waals surface area contributed by atoms with Gasteiger partial charge in [0, 0.05) is 24.5 Å². The molecule has 1 amide bonds. The van der Waals surface area contributed by atoms with Gasteiger partial charge in [-0.2, -0.15) is 0 Å². The summed E-state index contributed by atoms with van der Waals surface area (Å²) in [5.74, 6) is -0.489. The van der Waals surface area contributed by atoms with Crippen LogP contribution in [0.5, 0.6) is 5.75 Å². The Hall–Kier alpha value is -2.57. The normalized spacial score (nSPS) is 11.0. The third-order valence-corrected chi connectivity index (χ3v) is 2.80. The van der Waals surface area contributed by atoms with Gasteiger partial charge in [-0.25, -0.2) is 0 Å². The molecule has 22 heavy (non-hydrogen) atoms. The van der Waals surface area contributed by atoms with Crippen molar-refractivity contribution in [3.63, 3.8) is 0 Å². The zero-order valence-corrected chi connectivity index (χ0v) is 11.4. The average Bonchev–Trinajstić information content (AvgIpc) is 2.48. The Balaban J connectivity index is 1.81. The molecule has 0 saturated carbocycles. The third kappa shape index (κ3) is 5.08. The van der Waals surface area contributed by atoms with Gasteiger partial charge in [-0.1, -0.05) is 12.1 Å². The molecule has 2 rings (SSSR count). The Morgan fingerprint density at radius 2 is 1.73 bits per heavy atom. The number of hydrogen-bond donors (Lipinski definition) is 1. The maximum absolute atomic E-state index is 12.0. The van der Waals surface area contributed by atoms with Gasteiger partial charge in [0.2, 0.25) is 0 Å². The van der Waals surface area contributed by atoms with Gasteiger partial charge >= 0.3 is 6.36 Å². The van der Waals surface area contributed by atoms with Crippen molar-refractivity contribution < 1.29 is 22.7 Å². The lowest BCUT2D eigenvalue weighted by Crippen LogP contribution is -2.25. The fourth-order valence-electron chi connectivity index (χ4n) is 1.78. The molecule has 7 heteroatoms. The van der Waals surface area contributed by atoms with Crippen molar-refractivity contribution in [2.24, 2.45) is 0 Å². The molecule has 0 fully saturated rings. The number of aromatic nitrogens is 1. The predicted octanol–water partition coefficient (Wildman–Crippen LogP) is 2.95. The highest BCUT2D eigenvalue weighted by Gasteiger charge is 2.30.